The highest BCUT2D eigenvalue weighted by molar-refractivity contribution is 5.73. The van der Waals surface area contributed by atoms with Gasteiger partial charge in [0.2, 0.25) is 0 Å². The van der Waals surface area contributed by atoms with Gasteiger partial charge in [-0.3, -0.25) is 4.79 Å². The SMILES string of the molecule is O=C(O)CCCCCNC(=O)NCCn1ccnc1. The summed E-state index contributed by atoms with van der Waals surface area (Å²) in [6, 6.07) is -0.196. The predicted octanol–water partition coefficient (Wildman–Crippen LogP) is 0.827. The quantitative estimate of drug-likeness (QED) is 0.578. The summed E-state index contributed by atoms with van der Waals surface area (Å²) in [4.78, 5) is 25.5. The van der Waals surface area contributed by atoms with Gasteiger partial charge in [0.1, 0.15) is 0 Å². The molecule has 0 spiro atoms. The molecule has 1 rings (SSSR count). The molecule has 0 unspecified atom stereocenters. The van der Waals surface area contributed by atoms with E-state index in [1.807, 2.05) is 10.8 Å². The zero-order valence-electron chi connectivity index (χ0n) is 10.8. The van der Waals surface area contributed by atoms with Crippen LogP contribution in [0.3, 0.4) is 0 Å². The van der Waals surface area contributed by atoms with Crippen LogP contribution in [0.1, 0.15) is 25.7 Å². The van der Waals surface area contributed by atoms with Gasteiger partial charge in [-0.1, -0.05) is 6.42 Å². The lowest BCUT2D eigenvalue weighted by Gasteiger charge is -2.07. The average Bonchev–Trinajstić information content (AvgIpc) is 2.86. The van der Waals surface area contributed by atoms with Crippen molar-refractivity contribution in [2.24, 2.45) is 0 Å². The summed E-state index contributed by atoms with van der Waals surface area (Å²) in [5.74, 6) is -0.773. The van der Waals surface area contributed by atoms with Gasteiger partial charge >= 0.3 is 12.0 Å². The van der Waals surface area contributed by atoms with Gasteiger partial charge in [-0.2, -0.15) is 0 Å². The largest absolute Gasteiger partial charge is 0.481 e. The Hall–Kier alpha value is -2.05. The fourth-order valence-electron chi connectivity index (χ4n) is 1.56. The lowest BCUT2D eigenvalue weighted by molar-refractivity contribution is -0.137. The number of aromatic nitrogens is 2. The van der Waals surface area contributed by atoms with Crippen LogP contribution in [0.15, 0.2) is 18.7 Å². The normalized spacial score (nSPS) is 10.1. The highest BCUT2D eigenvalue weighted by Gasteiger charge is 2.00. The Bertz CT molecular complexity index is 378. The third-order valence-electron chi connectivity index (χ3n) is 2.57. The van der Waals surface area contributed by atoms with E-state index in [1.54, 1.807) is 12.5 Å². The molecule has 0 aromatic carbocycles. The first-order valence-electron chi connectivity index (χ1n) is 6.37. The maximum atomic E-state index is 11.4. The van der Waals surface area contributed by atoms with Gasteiger partial charge in [-0.15, -0.1) is 0 Å². The number of rotatable bonds is 9. The molecule has 7 nitrogen and oxygen atoms in total. The van der Waals surface area contributed by atoms with Gasteiger partial charge in [-0.25, -0.2) is 9.78 Å². The van der Waals surface area contributed by atoms with Crippen LogP contribution in [-0.4, -0.2) is 39.7 Å². The van der Waals surface area contributed by atoms with Gasteiger partial charge in [0.25, 0.3) is 0 Å². The minimum atomic E-state index is -0.773. The minimum absolute atomic E-state index is 0.192. The molecule has 1 aromatic heterocycles. The molecule has 2 amide bonds. The standard InChI is InChI=1S/C12H20N4O3/c17-11(18)4-2-1-3-5-14-12(19)15-7-9-16-8-6-13-10-16/h6,8,10H,1-5,7,9H2,(H,17,18)(H2,14,15,19). The van der Waals surface area contributed by atoms with E-state index >= 15 is 0 Å². The number of carboxylic acid groups (broad SMARTS) is 1. The van der Waals surface area contributed by atoms with E-state index in [4.69, 9.17) is 5.11 Å². The molecule has 7 heteroatoms. The molecule has 1 heterocycles. The topological polar surface area (TPSA) is 96.3 Å². The first-order chi connectivity index (χ1) is 9.18. The molecule has 0 aliphatic rings. The lowest BCUT2D eigenvalue weighted by atomic mass is 10.2. The van der Waals surface area contributed by atoms with Gasteiger partial charge in [0, 0.05) is 38.4 Å². The molecule has 0 saturated carbocycles. The molecule has 0 fully saturated rings. The summed E-state index contributed by atoms with van der Waals surface area (Å²) in [5.41, 5.74) is 0. The zero-order valence-corrected chi connectivity index (χ0v) is 10.8. The molecule has 19 heavy (non-hydrogen) atoms. The van der Waals surface area contributed by atoms with Crippen molar-refractivity contribution < 1.29 is 14.7 Å². The van der Waals surface area contributed by atoms with Crippen LogP contribution in [-0.2, 0) is 11.3 Å². The van der Waals surface area contributed by atoms with Crippen molar-refractivity contribution in [2.45, 2.75) is 32.2 Å². The van der Waals surface area contributed by atoms with Crippen LogP contribution < -0.4 is 10.6 Å². The van der Waals surface area contributed by atoms with Gasteiger partial charge in [0.15, 0.2) is 0 Å². The van der Waals surface area contributed by atoms with Crippen molar-refractivity contribution in [3.05, 3.63) is 18.7 Å². The number of amides is 2. The second kappa shape index (κ2) is 8.96. The molecule has 0 aliphatic carbocycles. The number of urea groups is 1. The number of imidazole rings is 1. The highest BCUT2D eigenvalue weighted by atomic mass is 16.4. The van der Waals surface area contributed by atoms with Crippen molar-refractivity contribution in [3.8, 4) is 0 Å². The number of carbonyl (C=O) groups is 2. The summed E-state index contributed by atoms with van der Waals surface area (Å²) >= 11 is 0. The number of nitrogens with zero attached hydrogens (tertiary/aromatic N) is 2. The summed E-state index contributed by atoms with van der Waals surface area (Å²) in [7, 11) is 0. The second-order valence-electron chi connectivity index (χ2n) is 4.19. The highest BCUT2D eigenvalue weighted by Crippen LogP contribution is 1.98. The maximum absolute atomic E-state index is 11.4. The van der Waals surface area contributed by atoms with E-state index in [0.29, 0.717) is 26.1 Å². The average molecular weight is 268 g/mol. The second-order valence-corrected chi connectivity index (χ2v) is 4.19. The van der Waals surface area contributed by atoms with Crippen molar-refractivity contribution in [2.75, 3.05) is 13.1 Å². The van der Waals surface area contributed by atoms with Gasteiger partial charge in [0.05, 0.1) is 6.33 Å². The molecule has 0 atom stereocenters. The fraction of sp³-hybridized carbons (Fsp3) is 0.583. The molecule has 0 saturated heterocycles. The predicted molar refractivity (Wildman–Crippen MR) is 69.7 cm³/mol. The molecule has 106 valence electrons. The van der Waals surface area contributed by atoms with Crippen LogP contribution in [0.4, 0.5) is 4.79 Å². The molecule has 3 N–H and O–H groups in total. The van der Waals surface area contributed by atoms with Crippen molar-refractivity contribution in [1.29, 1.82) is 0 Å². The number of hydrogen-bond acceptors (Lipinski definition) is 3. The Labute approximate surface area is 112 Å². The Kier molecular flexibility index (Phi) is 7.08. The Balaban J connectivity index is 1.92. The number of unbranched alkanes of at least 4 members (excludes halogenated alkanes) is 2. The first kappa shape index (κ1) is 15.0. The third-order valence-corrected chi connectivity index (χ3v) is 2.57. The molecule has 0 aliphatic heterocycles. The van der Waals surface area contributed by atoms with Crippen LogP contribution in [0, 0.1) is 0 Å². The summed E-state index contributed by atoms with van der Waals surface area (Å²) in [6.45, 7) is 1.80. The fourth-order valence-corrected chi connectivity index (χ4v) is 1.56. The van der Waals surface area contributed by atoms with Crippen LogP contribution in [0.5, 0.6) is 0 Å². The molecule has 1 aromatic rings. The molecular formula is C12H20N4O3. The monoisotopic (exact) mass is 268 g/mol. The number of hydrogen-bond donors (Lipinski definition) is 3. The number of carbonyl (C=O) groups excluding carboxylic acids is 1. The molecule has 0 bridgehead atoms. The lowest BCUT2D eigenvalue weighted by Crippen LogP contribution is -2.37. The van der Waals surface area contributed by atoms with Gasteiger partial charge in [-0.05, 0) is 12.8 Å². The van der Waals surface area contributed by atoms with E-state index < -0.39 is 5.97 Å². The van der Waals surface area contributed by atoms with E-state index in [1.165, 1.54) is 0 Å². The number of aliphatic carboxylic acids is 1. The summed E-state index contributed by atoms with van der Waals surface area (Å²) in [5, 5.41) is 13.9. The van der Waals surface area contributed by atoms with E-state index in [9.17, 15) is 9.59 Å². The van der Waals surface area contributed by atoms with E-state index in [2.05, 4.69) is 15.6 Å². The van der Waals surface area contributed by atoms with E-state index in [0.717, 1.165) is 12.8 Å². The summed E-state index contributed by atoms with van der Waals surface area (Å²) < 4.78 is 1.88. The Morgan fingerprint density at radius 1 is 1.16 bits per heavy atom. The summed E-state index contributed by atoms with van der Waals surface area (Å²) in [6.07, 6.45) is 7.67. The maximum Gasteiger partial charge on any atom is 0.314 e. The third kappa shape index (κ3) is 7.80. The van der Waals surface area contributed by atoms with Crippen LogP contribution in [0.25, 0.3) is 0 Å². The first-order valence-corrected chi connectivity index (χ1v) is 6.37. The number of carboxylic acids is 1. The van der Waals surface area contributed by atoms with E-state index in [-0.39, 0.29) is 12.5 Å². The van der Waals surface area contributed by atoms with Crippen molar-refractivity contribution in [3.63, 3.8) is 0 Å². The zero-order chi connectivity index (χ0) is 13.9. The molecule has 0 radical (unpaired) electrons. The van der Waals surface area contributed by atoms with Crippen molar-refractivity contribution in [1.82, 2.24) is 20.2 Å². The minimum Gasteiger partial charge on any atom is -0.481 e. The van der Waals surface area contributed by atoms with Gasteiger partial charge < -0.3 is 20.3 Å². The van der Waals surface area contributed by atoms with Crippen LogP contribution >= 0.6 is 0 Å². The smallest absolute Gasteiger partial charge is 0.314 e. The molecular weight excluding hydrogens is 248 g/mol. The number of nitrogens with one attached hydrogen (secondary N) is 2. The Morgan fingerprint density at radius 3 is 2.63 bits per heavy atom. The van der Waals surface area contributed by atoms with Crippen LogP contribution in [0.2, 0.25) is 0 Å². The van der Waals surface area contributed by atoms with Crippen molar-refractivity contribution >= 4 is 12.0 Å². The Morgan fingerprint density at radius 2 is 1.95 bits per heavy atom.